The average molecular weight is 397 g/mol. The number of para-hydroxylation sites is 1. The van der Waals surface area contributed by atoms with Crippen molar-refractivity contribution in [3.8, 4) is 0 Å². The van der Waals surface area contributed by atoms with Gasteiger partial charge >= 0.3 is 0 Å². The molecule has 2 aliphatic heterocycles. The Bertz CT molecular complexity index is 853. The Morgan fingerprint density at radius 1 is 1.03 bits per heavy atom. The van der Waals surface area contributed by atoms with Gasteiger partial charge in [-0.1, -0.05) is 18.2 Å². The van der Waals surface area contributed by atoms with Crippen LogP contribution in [0.4, 0.5) is 0 Å². The van der Waals surface area contributed by atoms with Crippen molar-refractivity contribution in [3.05, 3.63) is 36.0 Å². The van der Waals surface area contributed by atoms with Crippen molar-refractivity contribution < 1.29 is 9.59 Å². The monoisotopic (exact) mass is 396 g/mol. The third-order valence-corrected chi connectivity index (χ3v) is 6.49. The second-order valence-electron chi connectivity index (χ2n) is 8.45. The standard InChI is InChI=1S/C23H32N4O2/c1-18-6-4-5-11-27(18)23(29)17-25-12-14-26(15-13-25)22(28)10-9-19-16-24-21-8-3-2-7-20(19)21/h2-3,7-8,16,18,24H,4-6,9-15,17H2,1H3/t18-/m1/s1. The zero-order valence-corrected chi connectivity index (χ0v) is 17.4. The van der Waals surface area contributed by atoms with E-state index < -0.39 is 0 Å². The van der Waals surface area contributed by atoms with E-state index >= 15 is 0 Å². The van der Waals surface area contributed by atoms with Crippen LogP contribution in [0.1, 0.15) is 38.2 Å². The number of aromatic amines is 1. The number of carbonyl (C=O) groups is 2. The van der Waals surface area contributed by atoms with Crippen LogP contribution in [0.25, 0.3) is 10.9 Å². The molecule has 2 fully saturated rings. The molecule has 2 amide bonds. The number of fused-ring (bicyclic) bond motifs is 1. The number of aromatic nitrogens is 1. The van der Waals surface area contributed by atoms with Crippen LogP contribution in [-0.2, 0) is 16.0 Å². The molecule has 0 unspecified atom stereocenters. The molecule has 0 bridgehead atoms. The van der Waals surface area contributed by atoms with E-state index in [-0.39, 0.29) is 11.8 Å². The Morgan fingerprint density at radius 2 is 1.83 bits per heavy atom. The van der Waals surface area contributed by atoms with Gasteiger partial charge in [-0.15, -0.1) is 0 Å². The highest BCUT2D eigenvalue weighted by Gasteiger charge is 2.27. The second kappa shape index (κ2) is 8.99. The largest absolute Gasteiger partial charge is 0.361 e. The predicted octanol–water partition coefficient (Wildman–Crippen LogP) is 2.65. The number of carbonyl (C=O) groups excluding carboxylic acids is 2. The molecule has 1 atom stereocenters. The van der Waals surface area contributed by atoms with Gasteiger partial charge in [0, 0.05) is 62.3 Å². The van der Waals surface area contributed by atoms with Crippen LogP contribution in [0.5, 0.6) is 0 Å². The van der Waals surface area contributed by atoms with Crippen LogP contribution in [0.3, 0.4) is 0 Å². The number of piperidine rings is 1. The summed E-state index contributed by atoms with van der Waals surface area (Å²) in [6.45, 7) is 6.54. The molecule has 0 saturated carbocycles. The Kier molecular flexibility index (Phi) is 6.19. The maximum absolute atomic E-state index is 12.7. The van der Waals surface area contributed by atoms with Gasteiger partial charge in [-0.3, -0.25) is 14.5 Å². The lowest BCUT2D eigenvalue weighted by Gasteiger charge is -2.38. The molecule has 0 spiro atoms. The maximum atomic E-state index is 12.7. The number of hydrogen-bond acceptors (Lipinski definition) is 3. The lowest BCUT2D eigenvalue weighted by atomic mass is 10.0. The van der Waals surface area contributed by atoms with E-state index in [2.05, 4.69) is 28.9 Å². The Balaban J connectivity index is 1.23. The fraction of sp³-hybridized carbons (Fsp3) is 0.565. The Morgan fingerprint density at radius 3 is 2.62 bits per heavy atom. The Labute approximate surface area is 172 Å². The number of aryl methyl sites for hydroxylation is 1. The average Bonchev–Trinajstić information content (AvgIpc) is 3.16. The van der Waals surface area contributed by atoms with E-state index in [1.807, 2.05) is 28.1 Å². The molecule has 4 rings (SSSR count). The van der Waals surface area contributed by atoms with Gasteiger partial charge in [0.05, 0.1) is 6.54 Å². The first-order chi connectivity index (χ1) is 14.1. The summed E-state index contributed by atoms with van der Waals surface area (Å²) in [7, 11) is 0. The van der Waals surface area contributed by atoms with Crippen molar-refractivity contribution in [1.82, 2.24) is 19.7 Å². The van der Waals surface area contributed by atoms with Gasteiger partial charge in [0.1, 0.15) is 0 Å². The molecule has 2 aromatic rings. The molecule has 6 nitrogen and oxygen atoms in total. The van der Waals surface area contributed by atoms with Crippen molar-refractivity contribution in [2.45, 2.75) is 45.1 Å². The van der Waals surface area contributed by atoms with E-state index in [4.69, 9.17) is 0 Å². The zero-order chi connectivity index (χ0) is 20.2. The van der Waals surface area contributed by atoms with E-state index in [0.717, 1.165) is 57.5 Å². The van der Waals surface area contributed by atoms with E-state index in [1.54, 1.807) is 0 Å². The summed E-state index contributed by atoms with van der Waals surface area (Å²) >= 11 is 0. The third kappa shape index (κ3) is 4.64. The predicted molar refractivity (Wildman–Crippen MR) is 115 cm³/mol. The molecule has 6 heteroatoms. The van der Waals surface area contributed by atoms with Crippen molar-refractivity contribution in [2.24, 2.45) is 0 Å². The van der Waals surface area contributed by atoms with Gasteiger partial charge in [0.25, 0.3) is 0 Å². The van der Waals surface area contributed by atoms with Crippen LogP contribution in [-0.4, -0.2) is 76.8 Å². The van der Waals surface area contributed by atoms with E-state index in [1.165, 1.54) is 17.4 Å². The van der Waals surface area contributed by atoms with Crippen molar-refractivity contribution in [1.29, 1.82) is 0 Å². The van der Waals surface area contributed by atoms with Crippen LogP contribution >= 0.6 is 0 Å². The summed E-state index contributed by atoms with van der Waals surface area (Å²) in [5.74, 6) is 0.460. The van der Waals surface area contributed by atoms with Gasteiger partial charge in [0.15, 0.2) is 0 Å². The number of nitrogens with one attached hydrogen (secondary N) is 1. The number of hydrogen-bond donors (Lipinski definition) is 1. The molecule has 1 aromatic heterocycles. The first kappa shape index (κ1) is 20.0. The van der Waals surface area contributed by atoms with Crippen molar-refractivity contribution in [2.75, 3.05) is 39.3 Å². The summed E-state index contributed by atoms with van der Waals surface area (Å²) in [6, 6.07) is 8.58. The van der Waals surface area contributed by atoms with Crippen LogP contribution in [0, 0.1) is 0 Å². The van der Waals surface area contributed by atoms with Crippen LogP contribution in [0.2, 0.25) is 0 Å². The molecule has 2 saturated heterocycles. The normalized spacial score (nSPS) is 20.9. The molecule has 156 valence electrons. The number of benzene rings is 1. The minimum absolute atomic E-state index is 0.214. The third-order valence-electron chi connectivity index (χ3n) is 6.49. The second-order valence-corrected chi connectivity index (χ2v) is 8.45. The summed E-state index contributed by atoms with van der Waals surface area (Å²) in [4.78, 5) is 34.8. The summed E-state index contributed by atoms with van der Waals surface area (Å²) in [6.07, 6.45) is 6.77. The molecule has 1 aromatic carbocycles. The number of likely N-dealkylation sites (tertiary alicyclic amines) is 1. The maximum Gasteiger partial charge on any atom is 0.236 e. The van der Waals surface area contributed by atoms with Gasteiger partial charge in [-0.05, 0) is 44.2 Å². The molecule has 0 aliphatic carbocycles. The summed E-state index contributed by atoms with van der Waals surface area (Å²) < 4.78 is 0. The zero-order valence-electron chi connectivity index (χ0n) is 17.4. The topological polar surface area (TPSA) is 59.7 Å². The molecular formula is C23H32N4O2. The first-order valence-electron chi connectivity index (χ1n) is 11.0. The quantitative estimate of drug-likeness (QED) is 0.845. The van der Waals surface area contributed by atoms with E-state index in [9.17, 15) is 9.59 Å². The fourth-order valence-electron chi connectivity index (χ4n) is 4.64. The summed E-state index contributed by atoms with van der Waals surface area (Å²) in [5.41, 5.74) is 2.32. The van der Waals surface area contributed by atoms with Gasteiger partial charge < -0.3 is 14.8 Å². The highest BCUT2D eigenvalue weighted by molar-refractivity contribution is 5.84. The minimum atomic E-state index is 0.214. The highest BCUT2D eigenvalue weighted by Crippen LogP contribution is 2.20. The minimum Gasteiger partial charge on any atom is -0.361 e. The molecular weight excluding hydrogens is 364 g/mol. The fourth-order valence-corrected chi connectivity index (χ4v) is 4.64. The lowest BCUT2D eigenvalue weighted by Crippen LogP contribution is -2.53. The highest BCUT2D eigenvalue weighted by atomic mass is 16.2. The molecule has 0 radical (unpaired) electrons. The van der Waals surface area contributed by atoms with Gasteiger partial charge in [-0.25, -0.2) is 0 Å². The number of rotatable bonds is 5. The number of piperazine rings is 1. The molecule has 3 heterocycles. The number of H-pyrrole nitrogens is 1. The first-order valence-corrected chi connectivity index (χ1v) is 11.0. The van der Waals surface area contributed by atoms with E-state index in [0.29, 0.717) is 19.0 Å². The van der Waals surface area contributed by atoms with Crippen LogP contribution < -0.4 is 0 Å². The van der Waals surface area contributed by atoms with Gasteiger partial charge in [0.2, 0.25) is 11.8 Å². The van der Waals surface area contributed by atoms with Gasteiger partial charge in [-0.2, -0.15) is 0 Å². The smallest absolute Gasteiger partial charge is 0.236 e. The van der Waals surface area contributed by atoms with Crippen LogP contribution in [0.15, 0.2) is 30.5 Å². The number of nitrogens with zero attached hydrogens (tertiary/aromatic N) is 3. The van der Waals surface area contributed by atoms with Crippen molar-refractivity contribution >= 4 is 22.7 Å². The summed E-state index contributed by atoms with van der Waals surface area (Å²) in [5, 5.41) is 1.20. The molecule has 29 heavy (non-hydrogen) atoms. The number of amides is 2. The SMILES string of the molecule is C[C@@H]1CCCCN1C(=O)CN1CCN(C(=O)CCc2c[nH]c3ccccc23)CC1. The van der Waals surface area contributed by atoms with Crippen molar-refractivity contribution in [3.63, 3.8) is 0 Å². The Hall–Kier alpha value is -2.34. The molecule has 2 aliphatic rings. The lowest BCUT2D eigenvalue weighted by molar-refractivity contribution is -0.137. The molecule has 1 N–H and O–H groups in total.